The summed E-state index contributed by atoms with van der Waals surface area (Å²) in [6, 6.07) is 5.91. The number of hydrogen-bond donors (Lipinski definition) is 1. The number of aryl methyl sites for hydroxylation is 1. The molecule has 1 saturated heterocycles. The lowest BCUT2D eigenvalue weighted by Crippen LogP contribution is -2.39. The van der Waals surface area contributed by atoms with E-state index in [1.807, 2.05) is 0 Å². The molecule has 1 aromatic rings. The lowest BCUT2D eigenvalue weighted by atomic mass is 9.86. The summed E-state index contributed by atoms with van der Waals surface area (Å²) in [7, 11) is 0. The van der Waals surface area contributed by atoms with Crippen molar-refractivity contribution in [3.63, 3.8) is 0 Å². The van der Waals surface area contributed by atoms with Gasteiger partial charge in [0.05, 0.1) is 5.56 Å². The van der Waals surface area contributed by atoms with Crippen LogP contribution in [0, 0.1) is 0 Å². The molecule has 0 aromatic heterocycles. The van der Waals surface area contributed by atoms with Crippen LogP contribution in [0.4, 0.5) is 13.2 Å². The van der Waals surface area contributed by atoms with Crippen molar-refractivity contribution in [3.05, 3.63) is 35.4 Å². The summed E-state index contributed by atoms with van der Waals surface area (Å²) >= 11 is 0. The van der Waals surface area contributed by atoms with Crippen molar-refractivity contribution < 1.29 is 13.2 Å². The maximum absolute atomic E-state index is 12.9. The van der Waals surface area contributed by atoms with Crippen molar-refractivity contribution in [1.29, 1.82) is 0 Å². The van der Waals surface area contributed by atoms with E-state index in [1.165, 1.54) is 12.1 Å². The second-order valence-electron chi connectivity index (χ2n) is 5.32. The molecular weight excluding hydrogens is 251 g/mol. The van der Waals surface area contributed by atoms with Gasteiger partial charge in [-0.15, -0.1) is 0 Å². The molecular formula is C15H20F3N. The number of hydrogen-bond acceptors (Lipinski definition) is 1. The minimum Gasteiger partial charge on any atom is -0.311 e. The molecule has 1 heterocycles. The smallest absolute Gasteiger partial charge is 0.311 e. The van der Waals surface area contributed by atoms with Crippen molar-refractivity contribution in [2.24, 2.45) is 0 Å². The zero-order valence-corrected chi connectivity index (χ0v) is 11.2. The maximum Gasteiger partial charge on any atom is 0.416 e. The minimum atomic E-state index is -4.25. The lowest BCUT2D eigenvalue weighted by molar-refractivity contribution is -0.138. The summed E-state index contributed by atoms with van der Waals surface area (Å²) in [5.74, 6) is 0. The monoisotopic (exact) mass is 271 g/mol. The van der Waals surface area contributed by atoms with Crippen LogP contribution in [0.15, 0.2) is 24.3 Å². The molecule has 1 aliphatic rings. The van der Waals surface area contributed by atoms with Gasteiger partial charge in [-0.25, -0.2) is 0 Å². The van der Waals surface area contributed by atoms with E-state index < -0.39 is 11.7 Å². The summed E-state index contributed by atoms with van der Waals surface area (Å²) in [5.41, 5.74) is -0.0330. The molecule has 0 amide bonds. The molecule has 0 bridgehead atoms. The zero-order chi connectivity index (χ0) is 13.9. The van der Waals surface area contributed by atoms with Gasteiger partial charge in [0.1, 0.15) is 0 Å². The number of rotatable bonds is 4. The first-order valence-corrected chi connectivity index (χ1v) is 6.87. The molecule has 2 rings (SSSR count). The van der Waals surface area contributed by atoms with Gasteiger partial charge >= 0.3 is 6.18 Å². The third-order valence-electron chi connectivity index (χ3n) is 4.20. The largest absolute Gasteiger partial charge is 0.416 e. The van der Waals surface area contributed by atoms with Crippen LogP contribution in [0.25, 0.3) is 0 Å². The number of nitrogens with one attached hydrogen (secondary N) is 1. The first-order valence-electron chi connectivity index (χ1n) is 6.87. The first-order chi connectivity index (χ1) is 8.97. The van der Waals surface area contributed by atoms with E-state index >= 15 is 0 Å². The maximum atomic E-state index is 12.9. The Morgan fingerprint density at radius 2 is 2.00 bits per heavy atom. The highest BCUT2D eigenvalue weighted by Crippen LogP contribution is 2.34. The molecule has 0 radical (unpaired) electrons. The minimum absolute atomic E-state index is 0.0404. The van der Waals surface area contributed by atoms with Gasteiger partial charge < -0.3 is 5.32 Å². The van der Waals surface area contributed by atoms with E-state index in [9.17, 15) is 13.2 Å². The Balaban J connectivity index is 2.11. The van der Waals surface area contributed by atoms with Gasteiger partial charge in [0, 0.05) is 5.54 Å². The highest BCUT2D eigenvalue weighted by molar-refractivity contribution is 5.30. The SMILES string of the molecule is CCC1(CCc2ccccc2C(F)(F)F)CCCN1. The standard InChI is InChI=1S/C15H20F3N/c1-2-14(9-5-11-19-14)10-8-12-6-3-4-7-13(12)15(16,17)18/h3-4,6-7,19H,2,5,8-11H2,1H3. The summed E-state index contributed by atoms with van der Waals surface area (Å²) < 4.78 is 38.7. The van der Waals surface area contributed by atoms with Gasteiger partial charge in [0.15, 0.2) is 0 Å². The predicted octanol–water partition coefficient (Wildman–Crippen LogP) is 4.17. The Hall–Kier alpha value is -1.03. The molecule has 1 fully saturated rings. The number of benzene rings is 1. The van der Waals surface area contributed by atoms with E-state index in [0.717, 1.165) is 32.2 Å². The number of alkyl halides is 3. The van der Waals surface area contributed by atoms with E-state index in [4.69, 9.17) is 0 Å². The van der Waals surface area contributed by atoms with E-state index in [1.54, 1.807) is 12.1 Å². The van der Waals surface area contributed by atoms with Crippen molar-refractivity contribution in [2.75, 3.05) is 6.54 Å². The predicted molar refractivity (Wildman–Crippen MR) is 70.0 cm³/mol. The van der Waals surface area contributed by atoms with Crippen molar-refractivity contribution in [3.8, 4) is 0 Å². The summed E-state index contributed by atoms with van der Waals surface area (Å²) in [6.07, 6.45) is 0.166. The van der Waals surface area contributed by atoms with Crippen LogP contribution in [0.5, 0.6) is 0 Å². The molecule has 0 aliphatic carbocycles. The Morgan fingerprint density at radius 3 is 2.58 bits per heavy atom. The van der Waals surface area contributed by atoms with Crippen LogP contribution < -0.4 is 5.32 Å². The van der Waals surface area contributed by atoms with Gasteiger partial charge in [-0.2, -0.15) is 13.2 Å². The second kappa shape index (κ2) is 5.53. The van der Waals surface area contributed by atoms with Gasteiger partial charge in [-0.1, -0.05) is 25.1 Å². The molecule has 1 aliphatic heterocycles. The molecule has 19 heavy (non-hydrogen) atoms. The van der Waals surface area contributed by atoms with E-state index in [0.29, 0.717) is 12.0 Å². The van der Waals surface area contributed by atoms with Crippen molar-refractivity contribution in [1.82, 2.24) is 5.32 Å². The summed E-state index contributed by atoms with van der Waals surface area (Å²) in [6.45, 7) is 3.09. The second-order valence-corrected chi connectivity index (χ2v) is 5.32. The van der Waals surface area contributed by atoms with Gasteiger partial charge in [0.2, 0.25) is 0 Å². The Morgan fingerprint density at radius 1 is 1.26 bits per heavy atom. The normalized spacial score (nSPS) is 23.8. The average Bonchev–Trinajstić information content (AvgIpc) is 2.85. The third-order valence-corrected chi connectivity index (χ3v) is 4.20. The number of halogens is 3. The molecule has 106 valence electrons. The van der Waals surface area contributed by atoms with Crippen molar-refractivity contribution in [2.45, 2.75) is 50.7 Å². The molecule has 0 saturated carbocycles. The van der Waals surface area contributed by atoms with Crippen molar-refractivity contribution >= 4 is 0 Å². The van der Waals surface area contributed by atoms with Crippen LogP contribution in [-0.2, 0) is 12.6 Å². The third kappa shape index (κ3) is 3.30. The quantitative estimate of drug-likeness (QED) is 0.866. The van der Waals surface area contributed by atoms with Crippen LogP contribution >= 0.6 is 0 Å². The fourth-order valence-electron chi connectivity index (χ4n) is 2.95. The topological polar surface area (TPSA) is 12.0 Å². The molecule has 1 N–H and O–H groups in total. The molecule has 4 heteroatoms. The first kappa shape index (κ1) is 14.4. The van der Waals surface area contributed by atoms with Crippen LogP contribution in [-0.4, -0.2) is 12.1 Å². The average molecular weight is 271 g/mol. The Labute approximate surface area is 112 Å². The fraction of sp³-hybridized carbons (Fsp3) is 0.600. The van der Waals surface area contributed by atoms with Gasteiger partial charge in [0.25, 0.3) is 0 Å². The highest BCUT2D eigenvalue weighted by Gasteiger charge is 2.35. The summed E-state index contributed by atoms with van der Waals surface area (Å²) in [5, 5.41) is 3.47. The zero-order valence-electron chi connectivity index (χ0n) is 11.2. The van der Waals surface area contributed by atoms with Crippen LogP contribution in [0.3, 0.4) is 0 Å². The Kier molecular flexibility index (Phi) is 4.19. The van der Waals surface area contributed by atoms with E-state index in [2.05, 4.69) is 12.2 Å². The molecule has 1 aromatic carbocycles. The highest BCUT2D eigenvalue weighted by atomic mass is 19.4. The van der Waals surface area contributed by atoms with Gasteiger partial charge in [-0.05, 0) is 50.3 Å². The van der Waals surface area contributed by atoms with Gasteiger partial charge in [-0.3, -0.25) is 0 Å². The Bertz CT molecular complexity index is 420. The van der Waals surface area contributed by atoms with Crippen LogP contribution in [0.2, 0.25) is 0 Å². The summed E-state index contributed by atoms with van der Waals surface area (Å²) in [4.78, 5) is 0. The lowest BCUT2D eigenvalue weighted by Gasteiger charge is -2.28. The van der Waals surface area contributed by atoms with E-state index in [-0.39, 0.29) is 5.54 Å². The fourth-order valence-corrected chi connectivity index (χ4v) is 2.95. The molecule has 0 spiro atoms. The molecule has 1 unspecified atom stereocenters. The van der Waals surface area contributed by atoms with Crippen LogP contribution in [0.1, 0.15) is 43.7 Å². The molecule has 1 nitrogen and oxygen atoms in total. The molecule has 1 atom stereocenters.